The largest absolute Gasteiger partial charge is 0.359 e. The van der Waals surface area contributed by atoms with Crippen molar-refractivity contribution in [2.24, 2.45) is 0 Å². The van der Waals surface area contributed by atoms with Crippen LogP contribution in [0, 0.1) is 6.92 Å². The third kappa shape index (κ3) is 4.01. The van der Waals surface area contributed by atoms with Crippen LogP contribution in [0.1, 0.15) is 5.56 Å². The van der Waals surface area contributed by atoms with Gasteiger partial charge in [0.05, 0.1) is 5.69 Å². The second-order valence-electron chi connectivity index (χ2n) is 3.11. The van der Waals surface area contributed by atoms with Crippen LogP contribution in [0.25, 0.3) is 0 Å². The van der Waals surface area contributed by atoms with Gasteiger partial charge in [0.15, 0.2) is 5.11 Å². The molecule has 0 amide bonds. The third-order valence-corrected chi connectivity index (χ3v) is 2.68. The molecule has 0 aromatic heterocycles. The van der Waals surface area contributed by atoms with Gasteiger partial charge in [-0.05, 0) is 52.8 Å². The second-order valence-corrected chi connectivity index (χ2v) is 4.37. The van der Waals surface area contributed by atoms with Gasteiger partial charge >= 0.3 is 0 Å². The number of anilines is 1. The summed E-state index contributed by atoms with van der Waals surface area (Å²) in [5.41, 5.74) is 2.17. The van der Waals surface area contributed by atoms with Crippen molar-refractivity contribution < 1.29 is 0 Å². The number of aryl methyl sites for hydroxylation is 1. The lowest BCUT2D eigenvalue weighted by Crippen LogP contribution is -2.28. The van der Waals surface area contributed by atoms with E-state index in [0.29, 0.717) is 11.7 Å². The summed E-state index contributed by atoms with van der Waals surface area (Å²) in [4.78, 5) is 0. The maximum absolute atomic E-state index is 5.10. The van der Waals surface area contributed by atoms with Gasteiger partial charge in [0.2, 0.25) is 0 Å². The van der Waals surface area contributed by atoms with E-state index in [0.717, 1.165) is 10.2 Å². The Hall–Kier alpha value is -0.870. The van der Waals surface area contributed by atoms with Crippen molar-refractivity contribution in [3.05, 3.63) is 40.9 Å². The Morgan fingerprint density at radius 1 is 1.60 bits per heavy atom. The molecule has 0 saturated carbocycles. The minimum absolute atomic E-state index is 0.597. The van der Waals surface area contributed by atoms with Crippen molar-refractivity contribution in [2.45, 2.75) is 6.92 Å². The number of benzene rings is 1. The van der Waals surface area contributed by atoms with Crippen molar-refractivity contribution in [3.8, 4) is 0 Å². The molecule has 4 heteroatoms. The molecule has 0 fully saturated rings. The average molecular weight is 285 g/mol. The lowest BCUT2D eigenvalue weighted by molar-refractivity contribution is 1.06. The van der Waals surface area contributed by atoms with Crippen molar-refractivity contribution >= 4 is 38.9 Å². The quantitative estimate of drug-likeness (QED) is 0.658. The van der Waals surface area contributed by atoms with Crippen LogP contribution >= 0.6 is 28.1 Å². The highest BCUT2D eigenvalue weighted by Crippen LogP contribution is 2.23. The Labute approximate surface area is 104 Å². The first-order valence-corrected chi connectivity index (χ1v) is 5.75. The smallest absolute Gasteiger partial charge is 0.171 e. The highest BCUT2D eigenvalue weighted by atomic mass is 79.9. The van der Waals surface area contributed by atoms with Gasteiger partial charge in [-0.3, -0.25) is 0 Å². The number of nitrogens with one attached hydrogen (secondary N) is 2. The molecular formula is C11H13BrN2S. The fraction of sp³-hybridized carbons (Fsp3) is 0.182. The zero-order valence-corrected chi connectivity index (χ0v) is 10.9. The first-order valence-electron chi connectivity index (χ1n) is 4.55. The molecule has 1 rings (SSSR count). The molecule has 0 atom stereocenters. The average Bonchev–Trinajstić information content (AvgIpc) is 2.19. The van der Waals surface area contributed by atoms with E-state index in [9.17, 15) is 0 Å². The van der Waals surface area contributed by atoms with Crippen molar-refractivity contribution in [2.75, 3.05) is 11.9 Å². The summed E-state index contributed by atoms with van der Waals surface area (Å²) < 4.78 is 1.00. The normalized spacial score (nSPS) is 9.47. The summed E-state index contributed by atoms with van der Waals surface area (Å²) in [5.74, 6) is 0. The van der Waals surface area contributed by atoms with E-state index in [1.165, 1.54) is 5.56 Å². The van der Waals surface area contributed by atoms with Gasteiger partial charge in [-0.1, -0.05) is 12.1 Å². The van der Waals surface area contributed by atoms with E-state index in [4.69, 9.17) is 12.2 Å². The molecule has 0 bridgehead atoms. The summed E-state index contributed by atoms with van der Waals surface area (Å²) in [6, 6.07) is 6.06. The number of hydrogen-bond donors (Lipinski definition) is 2. The zero-order chi connectivity index (χ0) is 11.3. The van der Waals surface area contributed by atoms with Crippen LogP contribution < -0.4 is 10.6 Å². The molecule has 80 valence electrons. The molecule has 0 radical (unpaired) electrons. The number of thiocarbonyl (C=S) groups is 1. The van der Waals surface area contributed by atoms with Gasteiger partial charge in [-0.15, -0.1) is 6.58 Å². The molecule has 15 heavy (non-hydrogen) atoms. The summed E-state index contributed by atoms with van der Waals surface area (Å²) in [6.07, 6.45) is 1.76. The first kappa shape index (κ1) is 12.2. The lowest BCUT2D eigenvalue weighted by atomic mass is 10.2. The maximum atomic E-state index is 5.10. The van der Waals surface area contributed by atoms with E-state index >= 15 is 0 Å². The number of hydrogen-bond acceptors (Lipinski definition) is 1. The predicted octanol–water partition coefficient (Wildman–Crippen LogP) is 3.23. The predicted molar refractivity (Wildman–Crippen MR) is 73.3 cm³/mol. The summed E-state index contributed by atoms with van der Waals surface area (Å²) in [5, 5.41) is 6.70. The van der Waals surface area contributed by atoms with Crippen LogP contribution in [0.15, 0.2) is 35.3 Å². The monoisotopic (exact) mass is 284 g/mol. The Balaban J connectivity index is 2.64. The minimum atomic E-state index is 0.597. The Kier molecular flexibility index (Phi) is 4.78. The molecule has 0 heterocycles. The number of halogens is 1. The fourth-order valence-electron chi connectivity index (χ4n) is 1.05. The summed E-state index contributed by atoms with van der Waals surface area (Å²) >= 11 is 8.58. The van der Waals surface area contributed by atoms with Crippen LogP contribution in [-0.2, 0) is 0 Å². The van der Waals surface area contributed by atoms with Gasteiger partial charge in [-0.25, -0.2) is 0 Å². The molecule has 2 nitrogen and oxygen atoms in total. The lowest BCUT2D eigenvalue weighted by Gasteiger charge is -2.10. The molecule has 1 aromatic carbocycles. The van der Waals surface area contributed by atoms with Crippen LogP contribution in [-0.4, -0.2) is 11.7 Å². The molecule has 0 saturated heterocycles. The van der Waals surface area contributed by atoms with Crippen molar-refractivity contribution in [3.63, 3.8) is 0 Å². The zero-order valence-electron chi connectivity index (χ0n) is 8.51. The highest BCUT2D eigenvalue weighted by molar-refractivity contribution is 9.10. The molecule has 0 aliphatic rings. The fourth-order valence-corrected chi connectivity index (χ4v) is 1.84. The Morgan fingerprint density at radius 2 is 2.33 bits per heavy atom. The van der Waals surface area contributed by atoms with Gasteiger partial charge < -0.3 is 10.6 Å². The topological polar surface area (TPSA) is 24.1 Å². The molecule has 0 aliphatic carbocycles. The molecule has 2 N–H and O–H groups in total. The first-order chi connectivity index (χ1) is 7.13. The molecule has 0 aliphatic heterocycles. The van der Waals surface area contributed by atoms with Gasteiger partial charge in [0.1, 0.15) is 0 Å². The van der Waals surface area contributed by atoms with Crippen LogP contribution in [0.2, 0.25) is 0 Å². The maximum Gasteiger partial charge on any atom is 0.171 e. The van der Waals surface area contributed by atoms with Crippen LogP contribution in [0.5, 0.6) is 0 Å². The van der Waals surface area contributed by atoms with Gasteiger partial charge in [0.25, 0.3) is 0 Å². The van der Waals surface area contributed by atoms with Crippen molar-refractivity contribution in [1.82, 2.24) is 5.32 Å². The molecule has 0 spiro atoms. The molecular weight excluding hydrogens is 272 g/mol. The minimum Gasteiger partial charge on any atom is -0.359 e. The van der Waals surface area contributed by atoms with Crippen LogP contribution in [0.4, 0.5) is 5.69 Å². The van der Waals surface area contributed by atoms with Crippen LogP contribution in [0.3, 0.4) is 0 Å². The van der Waals surface area contributed by atoms with E-state index in [1.54, 1.807) is 6.08 Å². The molecule has 0 unspecified atom stereocenters. The second kappa shape index (κ2) is 5.88. The Morgan fingerprint density at radius 3 is 2.93 bits per heavy atom. The SMILES string of the molecule is C=CCNC(=S)Nc1ccc(C)cc1Br. The van der Waals surface area contributed by atoms with E-state index in [-0.39, 0.29) is 0 Å². The standard InChI is InChI=1S/C11H13BrN2S/c1-3-6-13-11(15)14-10-5-4-8(2)7-9(10)12/h3-5,7H,1,6H2,2H3,(H2,13,14,15). The summed E-state index contributed by atoms with van der Waals surface area (Å²) in [6.45, 7) is 6.32. The third-order valence-electron chi connectivity index (χ3n) is 1.78. The Bertz CT molecular complexity index is 377. The molecule has 1 aromatic rings. The van der Waals surface area contributed by atoms with E-state index in [2.05, 4.69) is 33.1 Å². The highest BCUT2D eigenvalue weighted by Gasteiger charge is 2.01. The van der Waals surface area contributed by atoms with Crippen molar-refractivity contribution in [1.29, 1.82) is 0 Å². The van der Waals surface area contributed by atoms with Gasteiger partial charge in [0, 0.05) is 11.0 Å². The van der Waals surface area contributed by atoms with E-state index < -0.39 is 0 Å². The number of rotatable bonds is 3. The van der Waals surface area contributed by atoms with Gasteiger partial charge in [-0.2, -0.15) is 0 Å². The summed E-state index contributed by atoms with van der Waals surface area (Å²) in [7, 11) is 0. The van der Waals surface area contributed by atoms with E-state index in [1.807, 2.05) is 25.1 Å².